The first kappa shape index (κ1) is 12.3. The monoisotopic (exact) mass is 245 g/mol. The van der Waals surface area contributed by atoms with E-state index in [1.165, 1.54) is 6.20 Å². The molecule has 5 heteroatoms. The maximum atomic E-state index is 12.2. The number of carbonyl (C=O) groups is 1. The molecule has 0 saturated carbocycles. The molecule has 0 spiro atoms. The summed E-state index contributed by atoms with van der Waals surface area (Å²) in [4.78, 5) is 32.2. The van der Waals surface area contributed by atoms with Crippen molar-refractivity contribution in [3.8, 4) is 0 Å². The lowest BCUT2D eigenvalue weighted by Gasteiger charge is -2.05. The zero-order valence-corrected chi connectivity index (χ0v) is 10.2. The molecule has 0 saturated heterocycles. The predicted molar refractivity (Wildman–Crippen MR) is 67.7 cm³/mol. The molecule has 0 amide bonds. The number of carbonyl (C=O) groups excluding carboxylic acids is 1. The van der Waals surface area contributed by atoms with E-state index >= 15 is 0 Å². The predicted octanol–water partition coefficient (Wildman–Crippen LogP) is 1.67. The molecule has 0 aliphatic carbocycles. The van der Waals surface area contributed by atoms with Crippen LogP contribution in [0.5, 0.6) is 0 Å². The Balaban J connectivity index is 2.32. The van der Waals surface area contributed by atoms with Gasteiger partial charge in [-0.1, -0.05) is 19.4 Å². The summed E-state index contributed by atoms with van der Waals surface area (Å²) in [7, 11) is 0. The van der Waals surface area contributed by atoms with Crippen molar-refractivity contribution in [1.29, 1.82) is 0 Å². The average molecular weight is 245 g/mol. The molecule has 5 nitrogen and oxygen atoms in total. The molecule has 0 bridgehead atoms. The smallest absolute Gasteiger partial charge is 0.312 e. The van der Waals surface area contributed by atoms with Gasteiger partial charge < -0.3 is 9.97 Å². The lowest BCUT2D eigenvalue weighted by Crippen LogP contribution is -2.10. The second-order valence-electron chi connectivity index (χ2n) is 4.10. The Morgan fingerprint density at radius 3 is 2.94 bits per heavy atom. The third-order valence-corrected chi connectivity index (χ3v) is 2.75. The van der Waals surface area contributed by atoms with E-state index in [2.05, 4.69) is 21.9 Å². The Kier molecular flexibility index (Phi) is 3.72. The van der Waals surface area contributed by atoms with E-state index in [1.54, 1.807) is 6.20 Å². The summed E-state index contributed by atoms with van der Waals surface area (Å²) in [6.07, 6.45) is 5.86. The number of aromatic nitrogens is 3. The molecule has 0 aliphatic rings. The molecule has 18 heavy (non-hydrogen) atoms. The maximum Gasteiger partial charge on any atom is 0.323 e. The van der Waals surface area contributed by atoms with Crippen LogP contribution in [-0.4, -0.2) is 20.7 Å². The van der Waals surface area contributed by atoms with E-state index in [0.29, 0.717) is 5.69 Å². The number of hydrogen-bond donors (Lipinski definition) is 2. The number of hydrogen-bond acceptors (Lipinski definition) is 3. The van der Waals surface area contributed by atoms with Crippen LogP contribution < -0.4 is 5.69 Å². The van der Waals surface area contributed by atoms with E-state index in [0.717, 1.165) is 24.8 Å². The molecule has 0 aliphatic heterocycles. The number of aryl methyl sites for hydroxylation is 1. The Hall–Kier alpha value is -2.17. The fourth-order valence-electron chi connectivity index (χ4n) is 1.79. The minimum atomic E-state index is -0.385. The molecular weight excluding hydrogens is 230 g/mol. The average Bonchev–Trinajstić information content (AvgIpc) is 2.82. The van der Waals surface area contributed by atoms with Crippen molar-refractivity contribution in [3.05, 3.63) is 52.0 Å². The van der Waals surface area contributed by atoms with Crippen LogP contribution in [0.2, 0.25) is 0 Å². The summed E-state index contributed by atoms with van der Waals surface area (Å²) in [5.41, 5.74) is 1.20. The second kappa shape index (κ2) is 5.44. The summed E-state index contributed by atoms with van der Waals surface area (Å²) >= 11 is 0. The largest absolute Gasteiger partial charge is 0.323 e. The van der Waals surface area contributed by atoms with E-state index in [-0.39, 0.29) is 17.2 Å². The van der Waals surface area contributed by atoms with Gasteiger partial charge in [0.15, 0.2) is 0 Å². The zero-order chi connectivity index (χ0) is 13.0. The molecule has 2 N–H and O–H groups in total. The van der Waals surface area contributed by atoms with Gasteiger partial charge >= 0.3 is 5.69 Å². The highest BCUT2D eigenvalue weighted by molar-refractivity contribution is 6.07. The normalized spacial score (nSPS) is 10.5. The van der Waals surface area contributed by atoms with Gasteiger partial charge in [0.2, 0.25) is 5.78 Å². The minimum Gasteiger partial charge on any atom is -0.312 e. The number of pyridine rings is 1. The first-order chi connectivity index (χ1) is 8.72. The highest BCUT2D eigenvalue weighted by atomic mass is 16.1. The minimum absolute atomic E-state index is 0.247. The molecule has 0 aromatic carbocycles. The lowest BCUT2D eigenvalue weighted by atomic mass is 10.0. The molecule has 0 atom stereocenters. The van der Waals surface area contributed by atoms with Crippen molar-refractivity contribution in [2.24, 2.45) is 0 Å². The molecule has 2 aromatic rings. The molecule has 94 valence electrons. The first-order valence-corrected chi connectivity index (χ1v) is 5.98. The Bertz CT molecular complexity index is 598. The molecule has 2 heterocycles. The van der Waals surface area contributed by atoms with Gasteiger partial charge in [0.25, 0.3) is 0 Å². The van der Waals surface area contributed by atoms with Crippen LogP contribution in [0.25, 0.3) is 0 Å². The van der Waals surface area contributed by atoms with Crippen LogP contribution in [0, 0.1) is 0 Å². The number of aromatic amines is 2. The highest BCUT2D eigenvalue weighted by Crippen LogP contribution is 2.12. The van der Waals surface area contributed by atoms with Crippen LogP contribution in [0.1, 0.15) is 41.5 Å². The van der Waals surface area contributed by atoms with E-state index in [1.807, 2.05) is 12.1 Å². The topological polar surface area (TPSA) is 78.6 Å². The van der Waals surface area contributed by atoms with Gasteiger partial charge in [-0.2, -0.15) is 0 Å². The van der Waals surface area contributed by atoms with Gasteiger partial charge in [0.05, 0.1) is 0 Å². The van der Waals surface area contributed by atoms with E-state index in [4.69, 9.17) is 0 Å². The van der Waals surface area contributed by atoms with Gasteiger partial charge in [-0.25, -0.2) is 4.79 Å². The molecular formula is C13H15N3O2. The highest BCUT2D eigenvalue weighted by Gasteiger charge is 2.16. The standard InChI is InChI=1S/C13H15N3O2/c1-2-3-5-9-6-4-7-14-11(9)12(17)10-8-15-13(18)16-10/h4,6-8H,2-3,5H2,1H3,(H2,15,16,18). The zero-order valence-electron chi connectivity index (χ0n) is 10.2. The number of nitrogens with one attached hydrogen (secondary N) is 2. The maximum absolute atomic E-state index is 12.2. The molecule has 0 radical (unpaired) electrons. The van der Waals surface area contributed by atoms with Gasteiger partial charge in [0.1, 0.15) is 11.4 Å². The molecule has 0 unspecified atom stereocenters. The van der Waals surface area contributed by atoms with Crippen LogP contribution in [0.15, 0.2) is 29.3 Å². The third kappa shape index (κ3) is 2.56. The van der Waals surface area contributed by atoms with Crippen LogP contribution in [0.3, 0.4) is 0 Å². The van der Waals surface area contributed by atoms with Crippen LogP contribution >= 0.6 is 0 Å². The van der Waals surface area contributed by atoms with Crippen LogP contribution in [0.4, 0.5) is 0 Å². The van der Waals surface area contributed by atoms with Crippen molar-refractivity contribution in [2.45, 2.75) is 26.2 Å². The Morgan fingerprint density at radius 1 is 1.44 bits per heavy atom. The third-order valence-electron chi connectivity index (χ3n) is 2.75. The SMILES string of the molecule is CCCCc1cccnc1C(=O)c1c[nH]c(=O)[nH]1. The fourth-order valence-corrected chi connectivity index (χ4v) is 1.79. The number of nitrogens with zero attached hydrogens (tertiary/aromatic N) is 1. The fraction of sp³-hybridized carbons (Fsp3) is 0.308. The number of unbranched alkanes of at least 4 members (excludes halogenated alkanes) is 1. The quantitative estimate of drug-likeness (QED) is 0.786. The number of H-pyrrole nitrogens is 2. The van der Waals surface area contributed by atoms with E-state index < -0.39 is 0 Å². The number of rotatable bonds is 5. The van der Waals surface area contributed by atoms with Crippen molar-refractivity contribution in [2.75, 3.05) is 0 Å². The van der Waals surface area contributed by atoms with Gasteiger partial charge in [-0.15, -0.1) is 0 Å². The van der Waals surface area contributed by atoms with Gasteiger partial charge in [0, 0.05) is 12.4 Å². The van der Waals surface area contributed by atoms with E-state index in [9.17, 15) is 9.59 Å². The summed E-state index contributed by atoms with van der Waals surface area (Å²) < 4.78 is 0. The summed E-state index contributed by atoms with van der Waals surface area (Å²) in [5.74, 6) is -0.250. The van der Waals surface area contributed by atoms with Gasteiger partial charge in [-0.05, 0) is 24.5 Å². The van der Waals surface area contributed by atoms with Crippen molar-refractivity contribution < 1.29 is 4.79 Å². The second-order valence-corrected chi connectivity index (χ2v) is 4.10. The summed E-state index contributed by atoms with van der Waals surface area (Å²) in [5, 5.41) is 0. The van der Waals surface area contributed by atoms with Crippen molar-refractivity contribution in [3.63, 3.8) is 0 Å². The Morgan fingerprint density at radius 2 is 2.28 bits per heavy atom. The Labute approximate surface area is 104 Å². The summed E-state index contributed by atoms with van der Waals surface area (Å²) in [6, 6.07) is 3.72. The number of imidazole rings is 1. The van der Waals surface area contributed by atoms with Crippen LogP contribution in [-0.2, 0) is 6.42 Å². The number of ketones is 1. The lowest BCUT2D eigenvalue weighted by molar-refractivity contribution is 0.102. The van der Waals surface area contributed by atoms with Crippen molar-refractivity contribution in [1.82, 2.24) is 15.0 Å². The summed E-state index contributed by atoms with van der Waals surface area (Å²) in [6.45, 7) is 2.10. The molecule has 2 rings (SSSR count). The van der Waals surface area contributed by atoms with Gasteiger partial charge in [-0.3, -0.25) is 9.78 Å². The van der Waals surface area contributed by atoms with Crippen molar-refractivity contribution >= 4 is 5.78 Å². The first-order valence-electron chi connectivity index (χ1n) is 5.98. The molecule has 0 fully saturated rings. The molecule has 2 aromatic heterocycles.